The van der Waals surface area contributed by atoms with Crippen LogP contribution < -0.4 is 4.74 Å². The summed E-state index contributed by atoms with van der Waals surface area (Å²) >= 11 is 0. The summed E-state index contributed by atoms with van der Waals surface area (Å²) in [4.78, 5) is 0. The third-order valence-electron chi connectivity index (χ3n) is 2.99. The summed E-state index contributed by atoms with van der Waals surface area (Å²) in [6, 6.07) is 4.66. The van der Waals surface area contributed by atoms with Gasteiger partial charge < -0.3 is 10.1 Å². The minimum atomic E-state index is -0.342. The Kier molecular flexibility index (Phi) is 3.46. The summed E-state index contributed by atoms with van der Waals surface area (Å²) in [5.74, 6) is 0.671. The monoisotopic (exact) mass is 235 g/mol. The number of hydrogen-bond acceptors (Lipinski definition) is 2. The van der Waals surface area contributed by atoms with Crippen molar-refractivity contribution >= 4 is 5.71 Å². The molecule has 17 heavy (non-hydrogen) atoms. The van der Waals surface area contributed by atoms with Gasteiger partial charge in [0, 0.05) is 5.71 Å². The third-order valence-corrected chi connectivity index (χ3v) is 2.99. The Balaban J connectivity index is 2.12. The minimum absolute atomic E-state index is 0.136. The van der Waals surface area contributed by atoms with Gasteiger partial charge in [-0.2, -0.15) is 0 Å². The van der Waals surface area contributed by atoms with Crippen LogP contribution in [0.2, 0.25) is 0 Å². The van der Waals surface area contributed by atoms with Crippen molar-refractivity contribution < 1.29 is 9.13 Å². The Bertz CT molecular complexity index is 424. The molecule has 0 radical (unpaired) electrons. The Morgan fingerprint density at radius 3 is 2.76 bits per heavy atom. The fraction of sp³-hybridized carbons (Fsp3) is 0.500. The van der Waals surface area contributed by atoms with Crippen molar-refractivity contribution in [3.8, 4) is 5.75 Å². The van der Waals surface area contributed by atoms with E-state index >= 15 is 0 Å². The van der Waals surface area contributed by atoms with Crippen LogP contribution in [0.25, 0.3) is 0 Å². The number of hydrogen-bond donors (Lipinski definition) is 1. The lowest BCUT2D eigenvalue weighted by Gasteiger charge is -2.11. The van der Waals surface area contributed by atoms with Gasteiger partial charge in [0.25, 0.3) is 0 Å². The molecule has 0 spiro atoms. The standard InChI is InChI=1S/C14H18FNO/c1-9(2)14(16)11-5-6-12(15)13(7-11)17-8-10-3-4-10/h5-7,9-10,16H,3-4,8H2,1-2H3. The van der Waals surface area contributed by atoms with Crippen molar-refractivity contribution in [3.63, 3.8) is 0 Å². The molecule has 0 saturated heterocycles. The van der Waals surface area contributed by atoms with E-state index in [1.807, 2.05) is 13.8 Å². The number of benzene rings is 1. The zero-order chi connectivity index (χ0) is 12.4. The van der Waals surface area contributed by atoms with Gasteiger partial charge in [-0.15, -0.1) is 0 Å². The summed E-state index contributed by atoms with van der Waals surface area (Å²) in [6.07, 6.45) is 2.37. The molecule has 92 valence electrons. The maximum Gasteiger partial charge on any atom is 0.165 e. The number of rotatable bonds is 5. The van der Waals surface area contributed by atoms with E-state index < -0.39 is 0 Å². The summed E-state index contributed by atoms with van der Waals surface area (Å²) in [5.41, 5.74) is 1.26. The molecule has 1 aliphatic carbocycles. The Labute approximate surface area is 101 Å². The van der Waals surface area contributed by atoms with Gasteiger partial charge in [-0.05, 0) is 48.4 Å². The zero-order valence-electron chi connectivity index (χ0n) is 10.3. The molecule has 0 aromatic heterocycles. The van der Waals surface area contributed by atoms with Gasteiger partial charge in [-0.3, -0.25) is 0 Å². The molecule has 1 aromatic carbocycles. The zero-order valence-corrected chi connectivity index (χ0v) is 10.3. The highest BCUT2D eigenvalue weighted by Crippen LogP contribution is 2.30. The summed E-state index contributed by atoms with van der Waals surface area (Å²) in [7, 11) is 0. The smallest absolute Gasteiger partial charge is 0.165 e. The fourth-order valence-electron chi connectivity index (χ4n) is 1.61. The van der Waals surface area contributed by atoms with Crippen molar-refractivity contribution in [2.24, 2.45) is 11.8 Å². The maximum absolute atomic E-state index is 13.5. The van der Waals surface area contributed by atoms with Crippen LogP contribution in [-0.2, 0) is 0 Å². The first-order valence-electron chi connectivity index (χ1n) is 6.09. The highest BCUT2D eigenvalue weighted by atomic mass is 19.1. The highest BCUT2D eigenvalue weighted by Gasteiger charge is 2.22. The highest BCUT2D eigenvalue weighted by molar-refractivity contribution is 5.99. The fourth-order valence-corrected chi connectivity index (χ4v) is 1.61. The number of ether oxygens (including phenoxy) is 1. The second-order valence-corrected chi connectivity index (χ2v) is 4.97. The van der Waals surface area contributed by atoms with E-state index in [1.54, 1.807) is 12.1 Å². The third kappa shape index (κ3) is 3.05. The molecule has 0 heterocycles. The van der Waals surface area contributed by atoms with Crippen LogP contribution in [-0.4, -0.2) is 12.3 Å². The van der Waals surface area contributed by atoms with Crippen molar-refractivity contribution in [3.05, 3.63) is 29.6 Å². The lowest BCUT2D eigenvalue weighted by atomic mass is 10.00. The molecule has 0 atom stereocenters. The minimum Gasteiger partial charge on any atom is -0.490 e. The van der Waals surface area contributed by atoms with E-state index in [-0.39, 0.29) is 17.5 Å². The predicted octanol–water partition coefficient (Wildman–Crippen LogP) is 3.64. The predicted molar refractivity (Wildman–Crippen MR) is 66.3 cm³/mol. The van der Waals surface area contributed by atoms with Gasteiger partial charge in [0.05, 0.1) is 6.61 Å². The molecule has 0 aliphatic heterocycles. The molecule has 0 bridgehead atoms. The Hall–Kier alpha value is -1.38. The summed E-state index contributed by atoms with van der Waals surface area (Å²) in [6.45, 7) is 4.50. The number of halogens is 1. The topological polar surface area (TPSA) is 33.1 Å². The second kappa shape index (κ2) is 4.86. The van der Waals surface area contributed by atoms with Crippen LogP contribution in [0.1, 0.15) is 32.3 Å². The molecule has 1 aliphatic rings. The molecule has 2 rings (SSSR count). The first-order valence-corrected chi connectivity index (χ1v) is 6.09. The lowest BCUT2D eigenvalue weighted by molar-refractivity contribution is 0.285. The van der Waals surface area contributed by atoms with Crippen LogP contribution in [0.4, 0.5) is 4.39 Å². The van der Waals surface area contributed by atoms with Crippen molar-refractivity contribution in [2.75, 3.05) is 6.61 Å². The van der Waals surface area contributed by atoms with E-state index in [4.69, 9.17) is 10.1 Å². The average Bonchev–Trinajstić information content (AvgIpc) is 3.11. The van der Waals surface area contributed by atoms with Crippen LogP contribution in [0.3, 0.4) is 0 Å². The Morgan fingerprint density at radius 2 is 2.18 bits per heavy atom. The van der Waals surface area contributed by atoms with Gasteiger partial charge in [-0.25, -0.2) is 4.39 Å². The maximum atomic E-state index is 13.5. The summed E-state index contributed by atoms with van der Waals surface area (Å²) in [5, 5.41) is 7.90. The van der Waals surface area contributed by atoms with Crippen LogP contribution in [0.15, 0.2) is 18.2 Å². The van der Waals surface area contributed by atoms with Crippen LogP contribution in [0.5, 0.6) is 5.75 Å². The molecule has 1 N–H and O–H groups in total. The molecule has 1 saturated carbocycles. The van der Waals surface area contributed by atoms with Gasteiger partial charge in [-0.1, -0.05) is 13.8 Å². The van der Waals surface area contributed by atoms with Gasteiger partial charge >= 0.3 is 0 Å². The molecule has 3 heteroatoms. The van der Waals surface area contributed by atoms with E-state index in [1.165, 1.54) is 18.9 Å². The molecule has 0 unspecified atom stereocenters. The van der Waals surface area contributed by atoms with E-state index in [0.29, 0.717) is 18.2 Å². The van der Waals surface area contributed by atoms with Crippen LogP contribution in [0, 0.1) is 23.1 Å². The summed E-state index contributed by atoms with van der Waals surface area (Å²) < 4.78 is 19.0. The molecular weight excluding hydrogens is 217 g/mol. The largest absolute Gasteiger partial charge is 0.490 e. The molecule has 1 aromatic rings. The van der Waals surface area contributed by atoms with E-state index in [0.717, 1.165) is 5.56 Å². The molecule has 2 nitrogen and oxygen atoms in total. The Morgan fingerprint density at radius 1 is 1.47 bits per heavy atom. The van der Waals surface area contributed by atoms with Gasteiger partial charge in [0.1, 0.15) is 0 Å². The van der Waals surface area contributed by atoms with E-state index in [2.05, 4.69) is 0 Å². The lowest BCUT2D eigenvalue weighted by Crippen LogP contribution is -2.09. The first-order chi connectivity index (χ1) is 8.08. The van der Waals surface area contributed by atoms with Crippen LogP contribution >= 0.6 is 0 Å². The SMILES string of the molecule is CC(C)C(=N)c1ccc(F)c(OCC2CC2)c1. The molecule has 1 fully saturated rings. The molecular formula is C14H18FNO. The first kappa shape index (κ1) is 12.1. The van der Waals surface area contributed by atoms with Gasteiger partial charge in [0.2, 0.25) is 0 Å². The number of nitrogens with one attached hydrogen (secondary N) is 1. The normalized spacial score (nSPS) is 15.1. The van der Waals surface area contributed by atoms with Crippen molar-refractivity contribution in [1.29, 1.82) is 5.41 Å². The average molecular weight is 235 g/mol. The van der Waals surface area contributed by atoms with E-state index in [9.17, 15) is 4.39 Å². The van der Waals surface area contributed by atoms with Crippen molar-refractivity contribution in [2.45, 2.75) is 26.7 Å². The van der Waals surface area contributed by atoms with Gasteiger partial charge in [0.15, 0.2) is 11.6 Å². The second-order valence-electron chi connectivity index (χ2n) is 4.97. The quantitative estimate of drug-likeness (QED) is 0.776. The van der Waals surface area contributed by atoms with Crippen molar-refractivity contribution in [1.82, 2.24) is 0 Å². The molecule has 0 amide bonds.